The molecule has 0 aliphatic carbocycles. The Kier molecular flexibility index (Phi) is 5.71. The van der Waals surface area contributed by atoms with Gasteiger partial charge in [-0.05, 0) is 29.8 Å². The van der Waals surface area contributed by atoms with E-state index in [1.807, 2.05) is 42.5 Å². The predicted octanol–water partition coefficient (Wildman–Crippen LogP) is 4.07. The summed E-state index contributed by atoms with van der Waals surface area (Å²) in [7, 11) is 1.58. The Hall–Kier alpha value is -2.93. The van der Waals surface area contributed by atoms with Gasteiger partial charge in [-0.15, -0.1) is 11.3 Å². The summed E-state index contributed by atoms with van der Waals surface area (Å²) in [6, 6.07) is 15.3. The number of urea groups is 1. The number of fused-ring (bicyclic) bond motifs is 1. The Bertz CT molecular complexity index is 920. The molecule has 140 valence electrons. The highest BCUT2D eigenvalue weighted by molar-refractivity contribution is 7.18. The van der Waals surface area contributed by atoms with Gasteiger partial charge >= 0.3 is 12.0 Å². The number of hydrogen-bond acceptors (Lipinski definition) is 4. The maximum atomic E-state index is 12.2. The average molecular weight is 383 g/mol. The van der Waals surface area contributed by atoms with Crippen molar-refractivity contribution in [3.63, 3.8) is 0 Å². The van der Waals surface area contributed by atoms with Crippen LogP contribution in [0.25, 0.3) is 10.2 Å². The maximum absolute atomic E-state index is 12.2. The van der Waals surface area contributed by atoms with E-state index < -0.39 is 11.9 Å². The molecule has 2 aromatic carbocycles. The van der Waals surface area contributed by atoms with Crippen LogP contribution in [0.4, 0.5) is 10.5 Å². The number of benzene rings is 2. The van der Waals surface area contributed by atoms with Gasteiger partial charge in [0.2, 0.25) is 0 Å². The van der Waals surface area contributed by atoms with Crippen LogP contribution in [0.1, 0.15) is 17.5 Å². The van der Waals surface area contributed by atoms with E-state index >= 15 is 0 Å². The van der Waals surface area contributed by atoms with Crippen molar-refractivity contribution >= 4 is 39.2 Å². The lowest BCUT2D eigenvalue weighted by Gasteiger charge is -2.20. The van der Waals surface area contributed by atoms with Gasteiger partial charge in [0.15, 0.2) is 0 Å². The number of nitrogens with zero attached hydrogens (tertiary/aromatic N) is 2. The molecule has 0 saturated carbocycles. The van der Waals surface area contributed by atoms with Gasteiger partial charge in [-0.1, -0.05) is 31.2 Å². The molecule has 1 unspecified atom stereocenters. The monoisotopic (exact) mass is 383 g/mol. The first-order valence-electron chi connectivity index (χ1n) is 8.60. The Balaban J connectivity index is 1.59. The van der Waals surface area contributed by atoms with Crippen LogP contribution in [0.2, 0.25) is 0 Å². The van der Waals surface area contributed by atoms with Crippen LogP contribution in [-0.2, 0) is 11.2 Å². The van der Waals surface area contributed by atoms with Crippen LogP contribution in [0, 0.1) is 5.92 Å². The molecule has 0 aliphatic heterocycles. The number of para-hydroxylation sites is 1. The van der Waals surface area contributed by atoms with Crippen molar-refractivity contribution in [2.45, 2.75) is 13.3 Å². The minimum atomic E-state index is -0.922. The number of rotatable bonds is 6. The van der Waals surface area contributed by atoms with E-state index in [9.17, 15) is 9.59 Å². The van der Waals surface area contributed by atoms with Crippen LogP contribution in [0.3, 0.4) is 0 Å². The fourth-order valence-electron chi connectivity index (χ4n) is 2.67. The summed E-state index contributed by atoms with van der Waals surface area (Å²) in [6.07, 6.45) is 0.740. The Morgan fingerprint density at radius 2 is 1.89 bits per heavy atom. The number of carbonyl (C=O) groups excluding carboxylic acids is 1. The van der Waals surface area contributed by atoms with E-state index in [0.29, 0.717) is 5.69 Å². The summed E-state index contributed by atoms with van der Waals surface area (Å²) in [4.78, 5) is 29.1. The molecule has 1 atom stereocenters. The van der Waals surface area contributed by atoms with Crippen molar-refractivity contribution in [1.82, 2.24) is 9.88 Å². The topological polar surface area (TPSA) is 82.5 Å². The molecule has 0 spiro atoms. The number of carboxylic acids is 1. The largest absolute Gasteiger partial charge is 0.481 e. The highest BCUT2D eigenvalue weighted by atomic mass is 32.1. The van der Waals surface area contributed by atoms with E-state index in [4.69, 9.17) is 5.11 Å². The number of amides is 2. The number of aliphatic carboxylic acids is 1. The Morgan fingerprint density at radius 3 is 2.56 bits per heavy atom. The van der Waals surface area contributed by atoms with Crippen LogP contribution in [0.15, 0.2) is 48.5 Å². The third kappa shape index (κ3) is 4.83. The molecule has 2 amide bonds. The number of aromatic nitrogens is 1. The predicted molar refractivity (Wildman–Crippen MR) is 107 cm³/mol. The van der Waals surface area contributed by atoms with E-state index in [-0.39, 0.29) is 12.6 Å². The smallest absolute Gasteiger partial charge is 0.321 e. The first kappa shape index (κ1) is 18.8. The molecule has 0 bridgehead atoms. The van der Waals surface area contributed by atoms with Gasteiger partial charge in [-0.3, -0.25) is 4.79 Å². The fraction of sp³-hybridized carbons (Fsp3) is 0.250. The van der Waals surface area contributed by atoms with Crippen molar-refractivity contribution in [2.24, 2.45) is 5.92 Å². The third-order valence-corrected chi connectivity index (χ3v) is 5.25. The molecule has 1 heterocycles. The fourth-order valence-corrected chi connectivity index (χ4v) is 3.67. The lowest BCUT2D eigenvalue weighted by molar-refractivity contribution is -0.141. The quantitative estimate of drug-likeness (QED) is 0.672. The molecule has 1 aromatic heterocycles. The SMILES string of the molecule is CC(CN(C)C(=O)Nc1ccc(Cc2nc3ccccc3s2)cc1)C(=O)O. The van der Waals surface area contributed by atoms with Crippen molar-refractivity contribution in [3.8, 4) is 0 Å². The lowest BCUT2D eigenvalue weighted by Crippen LogP contribution is -2.36. The Morgan fingerprint density at radius 1 is 1.19 bits per heavy atom. The molecule has 3 aromatic rings. The number of thiazole rings is 1. The zero-order valence-electron chi connectivity index (χ0n) is 15.2. The second-order valence-electron chi connectivity index (χ2n) is 6.50. The number of nitrogens with one attached hydrogen (secondary N) is 1. The van der Waals surface area contributed by atoms with E-state index in [0.717, 1.165) is 22.5 Å². The molecular formula is C20H21N3O3S. The number of anilines is 1. The van der Waals surface area contributed by atoms with Gasteiger partial charge < -0.3 is 15.3 Å². The van der Waals surface area contributed by atoms with Gasteiger partial charge in [-0.2, -0.15) is 0 Å². The normalized spacial score (nSPS) is 11.9. The second kappa shape index (κ2) is 8.18. The molecule has 2 N–H and O–H groups in total. The third-order valence-electron chi connectivity index (χ3n) is 4.21. The molecule has 0 aliphatic rings. The summed E-state index contributed by atoms with van der Waals surface area (Å²) >= 11 is 1.68. The van der Waals surface area contributed by atoms with Crippen LogP contribution >= 0.6 is 11.3 Å². The van der Waals surface area contributed by atoms with Crippen molar-refractivity contribution in [1.29, 1.82) is 0 Å². The second-order valence-corrected chi connectivity index (χ2v) is 7.61. The summed E-state index contributed by atoms with van der Waals surface area (Å²) in [5.41, 5.74) is 2.79. The van der Waals surface area contributed by atoms with E-state index in [1.54, 1.807) is 25.3 Å². The maximum Gasteiger partial charge on any atom is 0.321 e. The minimum Gasteiger partial charge on any atom is -0.481 e. The zero-order valence-corrected chi connectivity index (χ0v) is 16.0. The number of hydrogen-bond donors (Lipinski definition) is 2. The Labute approximate surface area is 161 Å². The minimum absolute atomic E-state index is 0.150. The lowest BCUT2D eigenvalue weighted by atomic mass is 10.1. The molecule has 6 nitrogen and oxygen atoms in total. The van der Waals surface area contributed by atoms with Crippen LogP contribution in [0.5, 0.6) is 0 Å². The standard InChI is InChI=1S/C20H21N3O3S/c1-13(19(24)25)12-23(2)20(26)21-15-9-7-14(8-10-15)11-18-22-16-5-3-4-6-17(16)27-18/h3-10,13H,11-12H2,1-2H3,(H,21,26)(H,24,25). The van der Waals surface area contributed by atoms with Gasteiger partial charge in [0, 0.05) is 25.7 Å². The molecule has 27 heavy (non-hydrogen) atoms. The zero-order chi connectivity index (χ0) is 19.4. The van der Waals surface area contributed by atoms with Crippen LogP contribution in [-0.4, -0.2) is 40.6 Å². The molecule has 0 saturated heterocycles. The molecule has 0 radical (unpaired) electrons. The van der Waals surface area contributed by atoms with Gasteiger partial charge in [0.25, 0.3) is 0 Å². The van der Waals surface area contributed by atoms with Crippen molar-refractivity contribution in [2.75, 3.05) is 18.9 Å². The first-order valence-corrected chi connectivity index (χ1v) is 9.42. The molecule has 7 heteroatoms. The molecule has 3 rings (SSSR count). The highest BCUT2D eigenvalue weighted by Gasteiger charge is 2.17. The van der Waals surface area contributed by atoms with Gasteiger partial charge in [-0.25, -0.2) is 9.78 Å². The summed E-state index contributed by atoms with van der Waals surface area (Å²) in [5.74, 6) is -1.54. The summed E-state index contributed by atoms with van der Waals surface area (Å²) in [5, 5.41) is 12.8. The number of carbonyl (C=O) groups is 2. The number of carboxylic acid groups (broad SMARTS) is 1. The molecular weight excluding hydrogens is 362 g/mol. The summed E-state index contributed by atoms with van der Waals surface area (Å²) in [6.45, 7) is 1.72. The molecule has 0 fully saturated rings. The van der Waals surface area contributed by atoms with E-state index in [1.165, 1.54) is 9.60 Å². The van der Waals surface area contributed by atoms with Gasteiger partial charge in [0.1, 0.15) is 0 Å². The van der Waals surface area contributed by atoms with Crippen molar-refractivity contribution < 1.29 is 14.7 Å². The van der Waals surface area contributed by atoms with Gasteiger partial charge in [0.05, 0.1) is 21.1 Å². The van der Waals surface area contributed by atoms with Crippen molar-refractivity contribution in [3.05, 3.63) is 59.1 Å². The average Bonchev–Trinajstić information content (AvgIpc) is 3.05. The first-order chi connectivity index (χ1) is 12.9. The van der Waals surface area contributed by atoms with E-state index in [2.05, 4.69) is 16.4 Å². The summed E-state index contributed by atoms with van der Waals surface area (Å²) < 4.78 is 1.18. The van der Waals surface area contributed by atoms with Crippen LogP contribution < -0.4 is 5.32 Å². The highest BCUT2D eigenvalue weighted by Crippen LogP contribution is 2.24.